The van der Waals surface area contributed by atoms with Crippen LogP contribution in [0.25, 0.3) is 5.65 Å². The smallest absolute Gasteiger partial charge is 0.306 e. The number of carbonyl (C=O) groups excluding carboxylic acids is 1. The first kappa shape index (κ1) is 19.2. The molecule has 142 valence electrons. The van der Waals surface area contributed by atoms with E-state index in [9.17, 15) is 4.79 Å². The average Bonchev–Trinajstić information content (AvgIpc) is 3.00. The van der Waals surface area contributed by atoms with Crippen LogP contribution in [0, 0.1) is 20.8 Å². The predicted octanol–water partition coefficient (Wildman–Crippen LogP) is 3.86. The molecule has 0 atom stereocenters. The zero-order valence-corrected chi connectivity index (χ0v) is 16.4. The van der Waals surface area contributed by atoms with E-state index in [1.165, 1.54) is 0 Å². The first-order valence-electron chi connectivity index (χ1n) is 8.80. The Hall–Kier alpha value is -2.60. The summed E-state index contributed by atoms with van der Waals surface area (Å²) in [5.41, 5.74) is 4.69. The Labute approximate surface area is 163 Å². The molecule has 0 bridgehead atoms. The van der Waals surface area contributed by atoms with E-state index >= 15 is 0 Å². The summed E-state index contributed by atoms with van der Waals surface area (Å²) in [5, 5.41) is 5.10. The minimum atomic E-state index is -0.259. The normalized spacial score (nSPS) is 11.0. The summed E-state index contributed by atoms with van der Waals surface area (Å²) in [6, 6.07) is 8.99. The number of hydrogen-bond donors (Lipinski definition) is 0. The third kappa shape index (κ3) is 4.77. The molecule has 0 saturated carbocycles. The molecule has 3 aromatic rings. The maximum absolute atomic E-state index is 12.0. The van der Waals surface area contributed by atoms with Gasteiger partial charge in [-0.1, -0.05) is 11.6 Å². The molecule has 0 unspecified atom stereocenters. The fourth-order valence-corrected chi connectivity index (χ4v) is 3.07. The molecule has 2 heterocycles. The monoisotopic (exact) mass is 387 g/mol. The van der Waals surface area contributed by atoms with Gasteiger partial charge in [0.25, 0.3) is 0 Å². The summed E-state index contributed by atoms with van der Waals surface area (Å²) >= 11 is 5.82. The molecule has 3 rings (SSSR count). The minimum absolute atomic E-state index is 0.203. The Balaban J connectivity index is 1.49. The molecule has 2 aromatic heterocycles. The van der Waals surface area contributed by atoms with Crippen molar-refractivity contribution in [2.45, 2.75) is 33.6 Å². The van der Waals surface area contributed by atoms with Crippen LogP contribution in [-0.2, 0) is 16.0 Å². The maximum atomic E-state index is 12.0. The number of aromatic nitrogens is 3. The van der Waals surface area contributed by atoms with E-state index in [1.54, 1.807) is 24.3 Å². The summed E-state index contributed by atoms with van der Waals surface area (Å²) in [5.74, 6) is 0.431. The van der Waals surface area contributed by atoms with Gasteiger partial charge in [-0.05, 0) is 57.0 Å². The number of nitrogens with zero attached hydrogens (tertiary/aromatic N) is 3. The number of ether oxygens (including phenoxy) is 2. The minimum Gasteiger partial charge on any atom is -0.490 e. The molecule has 0 radical (unpaired) electrons. The Morgan fingerprint density at radius 3 is 2.63 bits per heavy atom. The van der Waals surface area contributed by atoms with Crippen molar-refractivity contribution in [3.63, 3.8) is 0 Å². The van der Waals surface area contributed by atoms with Crippen LogP contribution in [-0.4, -0.2) is 33.8 Å². The summed E-state index contributed by atoms with van der Waals surface area (Å²) in [4.78, 5) is 16.6. The summed E-state index contributed by atoms with van der Waals surface area (Å²) in [6.07, 6.45) is 0.854. The van der Waals surface area contributed by atoms with Crippen LogP contribution in [0.15, 0.2) is 30.3 Å². The molecule has 0 aliphatic carbocycles. The average molecular weight is 388 g/mol. The predicted molar refractivity (Wildman–Crippen MR) is 103 cm³/mol. The zero-order chi connectivity index (χ0) is 19.4. The van der Waals surface area contributed by atoms with Gasteiger partial charge in [-0.25, -0.2) is 9.50 Å². The van der Waals surface area contributed by atoms with Crippen molar-refractivity contribution in [1.82, 2.24) is 14.6 Å². The molecule has 1 aromatic carbocycles. The number of carbonyl (C=O) groups is 1. The van der Waals surface area contributed by atoms with Crippen molar-refractivity contribution in [3.05, 3.63) is 58.0 Å². The SMILES string of the molecule is Cc1cc2nc(C)c(CCC(=O)OCCOc3ccc(Cl)cc3)c(C)n2n1. The number of benzene rings is 1. The number of halogens is 1. The third-order valence-corrected chi connectivity index (χ3v) is 4.55. The maximum Gasteiger partial charge on any atom is 0.306 e. The Kier molecular flexibility index (Phi) is 5.96. The van der Waals surface area contributed by atoms with Gasteiger partial charge in [0.15, 0.2) is 5.65 Å². The van der Waals surface area contributed by atoms with Gasteiger partial charge in [-0.3, -0.25) is 4.79 Å². The van der Waals surface area contributed by atoms with Crippen LogP contribution in [0.3, 0.4) is 0 Å². The Bertz CT molecular complexity index is 951. The van der Waals surface area contributed by atoms with E-state index in [2.05, 4.69) is 10.1 Å². The van der Waals surface area contributed by atoms with Gasteiger partial charge in [0.2, 0.25) is 0 Å². The largest absolute Gasteiger partial charge is 0.490 e. The lowest BCUT2D eigenvalue weighted by molar-refractivity contribution is -0.144. The van der Waals surface area contributed by atoms with Crippen molar-refractivity contribution in [3.8, 4) is 5.75 Å². The molecule has 0 amide bonds. The lowest BCUT2D eigenvalue weighted by Crippen LogP contribution is -2.14. The Morgan fingerprint density at radius 1 is 1.15 bits per heavy atom. The van der Waals surface area contributed by atoms with E-state index in [-0.39, 0.29) is 19.0 Å². The van der Waals surface area contributed by atoms with E-state index in [4.69, 9.17) is 21.1 Å². The van der Waals surface area contributed by atoms with Gasteiger partial charge >= 0.3 is 5.97 Å². The van der Waals surface area contributed by atoms with Gasteiger partial charge in [-0.2, -0.15) is 5.10 Å². The van der Waals surface area contributed by atoms with Crippen molar-refractivity contribution < 1.29 is 14.3 Å². The quantitative estimate of drug-likeness (QED) is 0.455. The first-order chi connectivity index (χ1) is 12.9. The fourth-order valence-electron chi connectivity index (χ4n) is 2.95. The summed E-state index contributed by atoms with van der Waals surface area (Å²) < 4.78 is 12.6. The molecular formula is C20H22ClN3O3. The standard InChI is InChI=1S/C20H22ClN3O3/c1-13-12-19-22-14(2)18(15(3)24(19)23-13)8-9-20(25)27-11-10-26-17-6-4-16(21)5-7-17/h4-7,12H,8-11H2,1-3H3. The molecule has 0 saturated heterocycles. The summed E-state index contributed by atoms with van der Waals surface area (Å²) in [7, 11) is 0. The van der Waals surface area contributed by atoms with Crippen molar-refractivity contribution in [2.75, 3.05) is 13.2 Å². The highest BCUT2D eigenvalue weighted by Crippen LogP contribution is 2.17. The van der Waals surface area contributed by atoms with Crippen molar-refractivity contribution in [2.24, 2.45) is 0 Å². The molecule has 0 aliphatic rings. The molecule has 7 heteroatoms. The van der Waals surface area contributed by atoms with E-state index in [1.807, 2.05) is 31.4 Å². The van der Waals surface area contributed by atoms with Crippen LogP contribution in [0.5, 0.6) is 5.75 Å². The molecule has 6 nitrogen and oxygen atoms in total. The fraction of sp³-hybridized carbons (Fsp3) is 0.350. The molecule has 0 spiro atoms. The zero-order valence-electron chi connectivity index (χ0n) is 15.7. The van der Waals surface area contributed by atoms with Crippen LogP contribution < -0.4 is 4.74 Å². The lowest BCUT2D eigenvalue weighted by atomic mass is 10.1. The second kappa shape index (κ2) is 8.39. The van der Waals surface area contributed by atoms with Gasteiger partial charge in [0.05, 0.1) is 5.69 Å². The van der Waals surface area contributed by atoms with Gasteiger partial charge in [-0.15, -0.1) is 0 Å². The number of hydrogen-bond acceptors (Lipinski definition) is 5. The molecular weight excluding hydrogens is 366 g/mol. The lowest BCUT2D eigenvalue weighted by Gasteiger charge is -2.11. The highest BCUT2D eigenvalue weighted by atomic mass is 35.5. The molecule has 0 N–H and O–H groups in total. The molecule has 0 aliphatic heterocycles. The van der Waals surface area contributed by atoms with Crippen molar-refractivity contribution in [1.29, 1.82) is 0 Å². The molecule has 0 fully saturated rings. The van der Waals surface area contributed by atoms with Crippen molar-refractivity contribution >= 4 is 23.2 Å². The number of aryl methyl sites for hydroxylation is 3. The van der Waals surface area contributed by atoms with Gasteiger partial charge in [0.1, 0.15) is 19.0 Å². The van der Waals surface area contributed by atoms with Gasteiger partial charge < -0.3 is 9.47 Å². The highest BCUT2D eigenvalue weighted by molar-refractivity contribution is 6.30. The number of rotatable bonds is 7. The number of fused-ring (bicyclic) bond motifs is 1. The molecule has 27 heavy (non-hydrogen) atoms. The second-order valence-corrected chi connectivity index (χ2v) is 6.78. The highest BCUT2D eigenvalue weighted by Gasteiger charge is 2.13. The van der Waals surface area contributed by atoms with Crippen LogP contribution in [0.2, 0.25) is 5.02 Å². The summed E-state index contributed by atoms with van der Waals surface area (Å²) in [6.45, 7) is 6.39. The number of esters is 1. The third-order valence-electron chi connectivity index (χ3n) is 4.29. The second-order valence-electron chi connectivity index (χ2n) is 6.34. The van der Waals surface area contributed by atoms with E-state index < -0.39 is 0 Å². The van der Waals surface area contributed by atoms with Gasteiger partial charge in [0, 0.05) is 28.9 Å². The van der Waals surface area contributed by atoms with Crippen LogP contribution in [0.4, 0.5) is 0 Å². The Morgan fingerprint density at radius 2 is 1.89 bits per heavy atom. The topological polar surface area (TPSA) is 65.7 Å². The van der Waals surface area contributed by atoms with Crippen LogP contribution >= 0.6 is 11.6 Å². The van der Waals surface area contributed by atoms with E-state index in [0.29, 0.717) is 23.8 Å². The van der Waals surface area contributed by atoms with Crippen LogP contribution in [0.1, 0.15) is 29.1 Å². The first-order valence-corrected chi connectivity index (χ1v) is 9.18. The van der Waals surface area contributed by atoms with E-state index in [0.717, 1.165) is 28.3 Å².